The van der Waals surface area contributed by atoms with E-state index in [2.05, 4.69) is 38.6 Å². The molecule has 1 aliphatic rings. The van der Waals surface area contributed by atoms with Gasteiger partial charge in [0.05, 0.1) is 7.11 Å². The zero-order valence-electron chi connectivity index (χ0n) is 18.9. The van der Waals surface area contributed by atoms with Gasteiger partial charge in [-0.05, 0) is 54.0 Å². The summed E-state index contributed by atoms with van der Waals surface area (Å²) in [7, 11) is 1.68. The Labute approximate surface area is 187 Å². The maximum atomic E-state index is 14.3. The van der Waals surface area contributed by atoms with Crippen LogP contribution in [-0.2, 0) is 6.42 Å². The molecule has 3 heteroatoms. The molecule has 0 unspecified atom stereocenters. The van der Waals surface area contributed by atoms with E-state index in [4.69, 9.17) is 4.74 Å². The first-order valence-corrected chi connectivity index (χ1v) is 12.2. The number of benzene rings is 1. The maximum absolute atomic E-state index is 14.3. The highest BCUT2D eigenvalue weighted by Gasteiger charge is 2.26. The highest BCUT2D eigenvalue weighted by Crippen LogP contribution is 2.40. The molecule has 2 rings (SSSR count). The minimum absolute atomic E-state index is 0.0771. The Bertz CT molecular complexity index is 767. The molecule has 1 nitrogen and oxygen atoms in total. The van der Waals surface area contributed by atoms with Crippen molar-refractivity contribution in [3.05, 3.63) is 77.0 Å². The number of hydrogen-bond acceptors (Lipinski definition) is 2. The Balaban J connectivity index is 2.27. The van der Waals surface area contributed by atoms with E-state index in [-0.39, 0.29) is 11.2 Å². The van der Waals surface area contributed by atoms with Crippen LogP contribution in [0.4, 0.5) is 4.39 Å². The molecule has 0 spiro atoms. The van der Waals surface area contributed by atoms with Gasteiger partial charge in [0, 0.05) is 17.1 Å². The van der Waals surface area contributed by atoms with Crippen molar-refractivity contribution in [1.29, 1.82) is 0 Å². The van der Waals surface area contributed by atoms with Crippen LogP contribution in [0.3, 0.4) is 0 Å². The van der Waals surface area contributed by atoms with Gasteiger partial charge in [0.1, 0.15) is 11.6 Å². The van der Waals surface area contributed by atoms with Crippen molar-refractivity contribution in [1.82, 2.24) is 0 Å². The lowest BCUT2D eigenvalue weighted by molar-refractivity contribution is 0.346. The highest BCUT2D eigenvalue weighted by molar-refractivity contribution is 8.03. The Morgan fingerprint density at radius 3 is 2.57 bits per heavy atom. The number of allylic oxidation sites excluding steroid dienone is 6. The van der Waals surface area contributed by atoms with Crippen molar-refractivity contribution in [2.45, 2.75) is 65.2 Å². The molecule has 0 amide bonds. The number of halogens is 1. The van der Waals surface area contributed by atoms with E-state index in [1.807, 2.05) is 36.0 Å². The first-order valence-electron chi connectivity index (χ1n) is 11.2. The Kier molecular flexibility index (Phi) is 10.5. The second-order valence-electron chi connectivity index (χ2n) is 8.18. The number of hydrogen-bond donors (Lipinski definition) is 0. The number of rotatable bonds is 13. The first kappa shape index (κ1) is 24.5. The predicted octanol–water partition coefficient (Wildman–Crippen LogP) is 8.59. The number of thioether (sulfide) groups is 1. The SMILES string of the molecule is C=CC(CCCC)(CCCC)CSC1=C(Cc2cccc(OC)c2)C=C(F)CC=C1. The molecule has 164 valence electrons. The monoisotopic (exact) mass is 428 g/mol. The highest BCUT2D eigenvalue weighted by atomic mass is 32.2. The smallest absolute Gasteiger partial charge is 0.119 e. The van der Waals surface area contributed by atoms with Crippen LogP contribution >= 0.6 is 11.8 Å². The van der Waals surface area contributed by atoms with Crippen LogP contribution < -0.4 is 4.74 Å². The molecule has 1 aromatic carbocycles. The molecular formula is C27H37FOS. The summed E-state index contributed by atoms with van der Waals surface area (Å²) in [5.74, 6) is 1.75. The average molecular weight is 429 g/mol. The third-order valence-corrected chi connectivity index (χ3v) is 7.19. The van der Waals surface area contributed by atoms with Crippen molar-refractivity contribution in [2.75, 3.05) is 12.9 Å². The number of methoxy groups -OCH3 is 1. The van der Waals surface area contributed by atoms with Crippen molar-refractivity contribution in [2.24, 2.45) is 5.41 Å². The van der Waals surface area contributed by atoms with E-state index in [0.717, 1.165) is 22.6 Å². The topological polar surface area (TPSA) is 9.23 Å². The van der Waals surface area contributed by atoms with E-state index >= 15 is 0 Å². The van der Waals surface area contributed by atoms with E-state index in [9.17, 15) is 4.39 Å². The van der Waals surface area contributed by atoms with Crippen LogP contribution in [0.1, 0.15) is 64.4 Å². The van der Waals surface area contributed by atoms with Crippen LogP contribution in [0, 0.1) is 5.41 Å². The third kappa shape index (κ3) is 7.50. The first-order chi connectivity index (χ1) is 14.6. The number of ether oxygens (including phenoxy) is 1. The van der Waals surface area contributed by atoms with Crippen LogP contribution in [0.5, 0.6) is 5.75 Å². The molecule has 0 fully saturated rings. The molecule has 0 aliphatic heterocycles. The Morgan fingerprint density at radius 1 is 1.20 bits per heavy atom. The molecule has 1 aromatic rings. The molecule has 30 heavy (non-hydrogen) atoms. The fourth-order valence-electron chi connectivity index (χ4n) is 3.80. The van der Waals surface area contributed by atoms with Gasteiger partial charge >= 0.3 is 0 Å². The van der Waals surface area contributed by atoms with Gasteiger partial charge < -0.3 is 4.74 Å². The van der Waals surface area contributed by atoms with Gasteiger partial charge in [-0.2, -0.15) is 0 Å². The van der Waals surface area contributed by atoms with Gasteiger partial charge in [-0.25, -0.2) is 4.39 Å². The zero-order valence-corrected chi connectivity index (χ0v) is 19.7. The second kappa shape index (κ2) is 12.8. The van der Waals surface area contributed by atoms with Crippen LogP contribution in [-0.4, -0.2) is 12.9 Å². The molecule has 0 saturated heterocycles. The minimum atomic E-state index is -0.0771. The molecule has 0 bridgehead atoms. The lowest BCUT2D eigenvalue weighted by Gasteiger charge is -2.31. The lowest BCUT2D eigenvalue weighted by atomic mass is 9.80. The van der Waals surface area contributed by atoms with Gasteiger partial charge in [0.2, 0.25) is 0 Å². The summed E-state index contributed by atoms with van der Waals surface area (Å²) in [5, 5.41) is 0. The van der Waals surface area contributed by atoms with Gasteiger partial charge in [0.15, 0.2) is 0 Å². The van der Waals surface area contributed by atoms with Crippen molar-refractivity contribution in [3.63, 3.8) is 0 Å². The van der Waals surface area contributed by atoms with E-state index in [1.165, 1.54) is 43.4 Å². The van der Waals surface area contributed by atoms with Crippen LogP contribution in [0.2, 0.25) is 0 Å². The minimum Gasteiger partial charge on any atom is -0.497 e. The fraction of sp³-hybridized carbons (Fsp3) is 0.481. The molecule has 0 heterocycles. The summed E-state index contributed by atoms with van der Waals surface area (Å²) in [6.45, 7) is 8.70. The molecule has 1 aliphatic carbocycles. The fourth-order valence-corrected chi connectivity index (χ4v) is 5.16. The summed E-state index contributed by atoms with van der Waals surface area (Å²) in [6, 6.07) is 8.05. The van der Waals surface area contributed by atoms with Gasteiger partial charge in [-0.1, -0.05) is 69.9 Å². The molecular weight excluding hydrogens is 391 g/mol. The second-order valence-corrected chi connectivity index (χ2v) is 9.19. The van der Waals surface area contributed by atoms with E-state index < -0.39 is 0 Å². The Hall–Kier alpha value is -1.74. The normalized spacial score (nSPS) is 14.5. The van der Waals surface area contributed by atoms with Gasteiger partial charge in [0.25, 0.3) is 0 Å². The van der Waals surface area contributed by atoms with Gasteiger partial charge in [-0.3, -0.25) is 0 Å². The molecule has 0 atom stereocenters. The van der Waals surface area contributed by atoms with Crippen molar-refractivity contribution >= 4 is 11.8 Å². The third-order valence-electron chi connectivity index (χ3n) is 5.76. The summed E-state index contributed by atoms with van der Waals surface area (Å²) in [5.41, 5.74) is 2.32. The lowest BCUT2D eigenvalue weighted by Crippen LogP contribution is -2.21. The van der Waals surface area contributed by atoms with Crippen LogP contribution in [0.15, 0.2) is 71.5 Å². The standard InChI is InChI=1S/C27H37FOS/c1-5-8-16-27(7-3,17-9-6-2)21-30-26-15-11-13-24(28)20-23(26)18-22-12-10-14-25(19-22)29-4/h7,10-12,14-15,19-20H,3,5-6,8-9,13,16-18,21H2,1-2,4H3. The quantitative estimate of drug-likeness (QED) is 0.291. The number of unbranched alkanes of at least 4 members (excludes halogenated alkanes) is 2. The van der Waals surface area contributed by atoms with Gasteiger partial charge in [-0.15, -0.1) is 18.3 Å². The van der Waals surface area contributed by atoms with Crippen molar-refractivity contribution < 1.29 is 9.13 Å². The molecule has 0 N–H and O–H groups in total. The zero-order chi connectivity index (χ0) is 21.8. The van der Waals surface area contributed by atoms with Crippen LogP contribution in [0.25, 0.3) is 0 Å². The predicted molar refractivity (Wildman–Crippen MR) is 131 cm³/mol. The average Bonchev–Trinajstić information content (AvgIpc) is 2.94. The Morgan fingerprint density at radius 2 is 1.93 bits per heavy atom. The molecule has 0 saturated carbocycles. The summed E-state index contributed by atoms with van der Waals surface area (Å²) < 4.78 is 19.7. The summed E-state index contributed by atoms with van der Waals surface area (Å²) >= 11 is 1.86. The molecule has 0 radical (unpaired) electrons. The van der Waals surface area contributed by atoms with Crippen molar-refractivity contribution in [3.8, 4) is 5.75 Å². The molecule has 0 aromatic heterocycles. The largest absolute Gasteiger partial charge is 0.497 e. The summed E-state index contributed by atoms with van der Waals surface area (Å²) in [6.07, 6.45) is 16.2. The van der Waals surface area contributed by atoms with E-state index in [1.54, 1.807) is 13.2 Å². The van der Waals surface area contributed by atoms with E-state index in [0.29, 0.717) is 12.8 Å². The maximum Gasteiger partial charge on any atom is 0.119 e. The summed E-state index contributed by atoms with van der Waals surface area (Å²) in [4.78, 5) is 1.17.